The fourth-order valence-electron chi connectivity index (χ4n) is 3.39. The van der Waals surface area contributed by atoms with Gasteiger partial charge in [-0.1, -0.05) is 19.3 Å². The highest BCUT2D eigenvalue weighted by Gasteiger charge is 2.22. The summed E-state index contributed by atoms with van der Waals surface area (Å²) in [6, 6.07) is 0. The molecule has 0 amide bonds. The molecule has 6 heteroatoms. The van der Waals surface area contributed by atoms with Crippen LogP contribution >= 0.6 is 0 Å². The third-order valence-electron chi connectivity index (χ3n) is 4.87. The summed E-state index contributed by atoms with van der Waals surface area (Å²) >= 11 is 0. The molecule has 0 unspecified atom stereocenters. The van der Waals surface area contributed by atoms with Crippen LogP contribution in [0.25, 0.3) is 11.2 Å². The van der Waals surface area contributed by atoms with Gasteiger partial charge in [-0.05, 0) is 32.6 Å². The van der Waals surface area contributed by atoms with Gasteiger partial charge in [-0.2, -0.15) is 4.98 Å². The van der Waals surface area contributed by atoms with E-state index in [2.05, 4.69) is 23.7 Å². The van der Waals surface area contributed by atoms with Crippen molar-refractivity contribution in [3.8, 4) is 11.8 Å². The third kappa shape index (κ3) is 3.41. The molecule has 0 atom stereocenters. The monoisotopic (exact) mass is 341 g/mol. The predicted octanol–water partition coefficient (Wildman–Crippen LogP) is 2.49. The second-order valence-corrected chi connectivity index (χ2v) is 6.64. The van der Waals surface area contributed by atoms with E-state index < -0.39 is 0 Å². The van der Waals surface area contributed by atoms with Crippen LogP contribution in [0.5, 0.6) is 0 Å². The van der Waals surface area contributed by atoms with Crippen molar-refractivity contribution in [1.29, 1.82) is 0 Å². The summed E-state index contributed by atoms with van der Waals surface area (Å²) in [6.45, 7) is 6.39. The number of imidazole rings is 1. The van der Waals surface area contributed by atoms with Crippen molar-refractivity contribution in [2.45, 2.75) is 58.9 Å². The lowest BCUT2D eigenvalue weighted by Gasteiger charge is -2.27. The number of anilines is 1. The van der Waals surface area contributed by atoms with Crippen LogP contribution in [-0.2, 0) is 20.0 Å². The van der Waals surface area contributed by atoms with Gasteiger partial charge in [0.1, 0.15) is 5.82 Å². The normalized spacial score (nSPS) is 14.6. The summed E-state index contributed by atoms with van der Waals surface area (Å²) in [6.07, 6.45) is 6.48. The summed E-state index contributed by atoms with van der Waals surface area (Å²) in [4.78, 5) is 24.7. The molecular weight excluding hydrogens is 314 g/mol. The molecule has 1 aliphatic rings. The molecule has 0 aromatic carbocycles. The molecule has 0 saturated carbocycles. The Morgan fingerprint density at radius 2 is 1.92 bits per heavy atom. The number of aryl methyl sites for hydroxylation is 1. The van der Waals surface area contributed by atoms with Crippen LogP contribution in [0.4, 0.5) is 5.95 Å². The van der Waals surface area contributed by atoms with Crippen molar-refractivity contribution in [3.63, 3.8) is 0 Å². The van der Waals surface area contributed by atoms with Crippen molar-refractivity contribution in [2.24, 2.45) is 7.05 Å². The zero-order valence-electron chi connectivity index (χ0n) is 15.5. The van der Waals surface area contributed by atoms with Gasteiger partial charge in [-0.3, -0.25) is 13.9 Å². The first kappa shape index (κ1) is 17.5. The van der Waals surface area contributed by atoms with Crippen molar-refractivity contribution in [2.75, 3.05) is 18.0 Å². The number of hydrogen-bond acceptors (Lipinski definition) is 4. The summed E-state index contributed by atoms with van der Waals surface area (Å²) in [7, 11) is 1.81. The number of unbranched alkanes of at least 4 members (excludes halogenated alkanes) is 1. The Hall–Kier alpha value is -2.29. The average molecular weight is 341 g/mol. The fraction of sp³-hybridized carbons (Fsp3) is 0.632. The van der Waals surface area contributed by atoms with Crippen molar-refractivity contribution in [1.82, 2.24) is 19.1 Å². The Balaban J connectivity index is 2.15. The predicted molar refractivity (Wildman–Crippen MR) is 101 cm³/mol. The molecule has 0 spiro atoms. The minimum absolute atomic E-state index is 0.0234. The molecule has 2 aromatic rings. The Bertz CT molecular complexity index is 862. The molecule has 2 aromatic heterocycles. The molecule has 0 aliphatic carbocycles. The molecule has 1 fully saturated rings. The van der Waals surface area contributed by atoms with Gasteiger partial charge in [0.05, 0.1) is 6.54 Å². The maximum absolute atomic E-state index is 13.0. The second kappa shape index (κ2) is 7.73. The van der Waals surface area contributed by atoms with Gasteiger partial charge in [-0.25, -0.2) is 4.98 Å². The van der Waals surface area contributed by atoms with Crippen molar-refractivity contribution >= 4 is 17.1 Å². The van der Waals surface area contributed by atoms with Crippen LogP contribution in [0.15, 0.2) is 4.79 Å². The minimum atomic E-state index is -0.0234. The molecule has 1 aliphatic heterocycles. The van der Waals surface area contributed by atoms with E-state index in [9.17, 15) is 4.79 Å². The minimum Gasteiger partial charge on any atom is -0.342 e. The Kier molecular flexibility index (Phi) is 5.42. The summed E-state index contributed by atoms with van der Waals surface area (Å²) in [5, 5.41) is 0. The first-order valence-corrected chi connectivity index (χ1v) is 9.28. The molecule has 6 nitrogen and oxygen atoms in total. The van der Waals surface area contributed by atoms with Crippen molar-refractivity contribution < 1.29 is 0 Å². The van der Waals surface area contributed by atoms with E-state index in [4.69, 9.17) is 9.97 Å². The van der Waals surface area contributed by atoms with Gasteiger partial charge >= 0.3 is 0 Å². The van der Waals surface area contributed by atoms with Crippen LogP contribution < -0.4 is 10.5 Å². The quantitative estimate of drug-likeness (QED) is 0.784. The lowest BCUT2D eigenvalue weighted by atomic mass is 10.1. The lowest BCUT2D eigenvalue weighted by Crippen LogP contribution is -2.32. The van der Waals surface area contributed by atoms with Crippen LogP contribution in [0, 0.1) is 11.8 Å². The van der Waals surface area contributed by atoms with Gasteiger partial charge in [-0.15, -0.1) is 5.92 Å². The van der Waals surface area contributed by atoms with Crippen molar-refractivity contribution in [3.05, 3.63) is 16.2 Å². The second-order valence-electron chi connectivity index (χ2n) is 6.64. The van der Waals surface area contributed by atoms with E-state index in [1.54, 1.807) is 4.57 Å². The standard InChI is InChI=1S/C19H27N5O/c1-4-6-11-15-20-17-16(18(25)22(15)3)24(14-7-5-2)19(21-17)23-12-9-8-10-13-23/h4,6,8-14H2,1-3H3. The van der Waals surface area contributed by atoms with Crippen LogP contribution in [0.3, 0.4) is 0 Å². The van der Waals surface area contributed by atoms with E-state index in [0.29, 0.717) is 17.7 Å². The molecule has 3 heterocycles. The van der Waals surface area contributed by atoms with E-state index in [0.717, 1.165) is 57.0 Å². The number of nitrogens with zero attached hydrogens (tertiary/aromatic N) is 5. The molecule has 1 saturated heterocycles. The summed E-state index contributed by atoms with van der Waals surface area (Å²) in [5.41, 5.74) is 1.11. The summed E-state index contributed by atoms with van der Waals surface area (Å²) < 4.78 is 3.63. The van der Waals surface area contributed by atoms with Crippen LogP contribution in [-0.4, -0.2) is 32.2 Å². The van der Waals surface area contributed by atoms with E-state index >= 15 is 0 Å². The molecule has 0 radical (unpaired) electrons. The smallest absolute Gasteiger partial charge is 0.279 e. The zero-order chi connectivity index (χ0) is 17.8. The highest BCUT2D eigenvalue weighted by atomic mass is 16.1. The molecular formula is C19H27N5O. The topological polar surface area (TPSA) is 56.0 Å². The third-order valence-corrected chi connectivity index (χ3v) is 4.87. The average Bonchev–Trinajstić information content (AvgIpc) is 3.01. The molecule has 0 bridgehead atoms. The van der Waals surface area contributed by atoms with Gasteiger partial charge in [0.2, 0.25) is 5.95 Å². The highest BCUT2D eigenvalue weighted by Crippen LogP contribution is 2.23. The van der Waals surface area contributed by atoms with E-state index in [1.165, 1.54) is 6.42 Å². The maximum atomic E-state index is 13.0. The lowest BCUT2D eigenvalue weighted by molar-refractivity contribution is 0.561. The Labute approximate surface area is 148 Å². The van der Waals surface area contributed by atoms with Crippen LogP contribution in [0.2, 0.25) is 0 Å². The number of aromatic nitrogens is 4. The number of fused-ring (bicyclic) bond motifs is 1. The first-order valence-electron chi connectivity index (χ1n) is 9.28. The van der Waals surface area contributed by atoms with E-state index in [-0.39, 0.29) is 5.56 Å². The number of hydrogen-bond donors (Lipinski definition) is 0. The largest absolute Gasteiger partial charge is 0.342 e. The first-order chi connectivity index (χ1) is 12.2. The zero-order valence-corrected chi connectivity index (χ0v) is 15.5. The molecule has 25 heavy (non-hydrogen) atoms. The molecule has 0 N–H and O–H groups in total. The maximum Gasteiger partial charge on any atom is 0.279 e. The van der Waals surface area contributed by atoms with Gasteiger partial charge < -0.3 is 4.90 Å². The Morgan fingerprint density at radius 1 is 1.16 bits per heavy atom. The molecule has 134 valence electrons. The van der Waals surface area contributed by atoms with Crippen LogP contribution in [0.1, 0.15) is 51.8 Å². The highest BCUT2D eigenvalue weighted by molar-refractivity contribution is 5.74. The fourth-order valence-corrected chi connectivity index (χ4v) is 3.39. The number of rotatable bonds is 5. The van der Waals surface area contributed by atoms with Gasteiger partial charge in [0, 0.05) is 26.6 Å². The Morgan fingerprint density at radius 3 is 2.60 bits per heavy atom. The molecule has 3 rings (SSSR count). The van der Waals surface area contributed by atoms with Gasteiger partial charge in [0.25, 0.3) is 5.56 Å². The SMILES string of the molecule is CC#CCn1c(N2CCCCC2)nc2nc(CCCC)n(C)c(=O)c21. The van der Waals surface area contributed by atoms with Gasteiger partial charge in [0.15, 0.2) is 11.2 Å². The number of piperidine rings is 1. The summed E-state index contributed by atoms with van der Waals surface area (Å²) in [5.74, 6) is 7.67. The van der Waals surface area contributed by atoms with E-state index in [1.807, 2.05) is 18.5 Å².